The predicted molar refractivity (Wildman–Crippen MR) is 37.0 cm³/mol. The van der Waals surface area contributed by atoms with Crippen LogP contribution in [0.2, 0.25) is 0 Å². The first kappa shape index (κ1) is 6.53. The Morgan fingerprint density at radius 1 is 1.56 bits per heavy atom. The molecule has 0 aromatic carbocycles. The molecule has 0 aromatic heterocycles. The topological polar surface area (TPSA) is 0 Å². The van der Waals surface area contributed by atoms with Crippen LogP contribution in [0.25, 0.3) is 0 Å². The molecule has 0 spiro atoms. The lowest BCUT2D eigenvalue weighted by Gasteiger charge is -2.12. The van der Waals surface area contributed by atoms with Gasteiger partial charge in [-0.05, 0) is 25.0 Å². The largest absolute Gasteiger partial charge is 0.242 e. The van der Waals surface area contributed by atoms with Crippen LogP contribution < -0.4 is 0 Å². The zero-order chi connectivity index (χ0) is 6.85. The number of halogens is 1. The molecular formula is C8H11F. The van der Waals surface area contributed by atoms with E-state index in [1.54, 1.807) is 0 Å². The van der Waals surface area contributed by atoms with Gasteiger partial charge in [0.1, 0.15) is 6.17 Å². The third kappa shape index (κ3) is 1.21. The van der Waals surface area contributed by atoms with Crippen LogP contribution in [-0.4, -0.2) is 6.17 Å². The lowest BCUT2D eigenvalue weighted by atomic mass is 9.99. The summed E-state index contributed by atoms with van der Waals surface area (Å²) in [6.45, 7) is 3.79. The Balaban J connectivity index is 2.83. The highest BCUT2D eigenvalue weighted by Gasteiger charge is 2.11. The number of allylic oxidation sites excluding steroid dienone is 4. The van der Waals surface area contributed by atoms with Crippen molar-refractivity contribution in [2.75, 3.05) is 0 Å². The van der Waals surface area contributed by atoms with E-state index in [0.717, 1.165) is 11.1 Å². The molecule has 0 nitrogen and oxygen atoms in total. The van der Waals surface area contributed by atoms with E-state index in [2.05, 4.69) is 0 Å². The second-order valence-electron chi connectivity index (χ2n) is 2.47. The fraction of sp³-hybridized carbons (Fsp3) is 0.500. The van der Waals surface area contributed by atoms with Gasteiger partial charge in [0, 0.05) is 6.42 Å². The molecule has 0 fully saturated rings. The molecule has 0 saturated carbocycles. The highest BCUT2D eigenvalue weighted by Crippen LogP contribution is 2.20. The van der Waals surface area contributed by atoms with Crippen molar-refractivity contribution in [2.24, 2.45) is 0 Å². The lowest BCUT2D eigenvalue weighted by Crippen LogP contribution is -2.05. The van der Waals surface area contributed by atoms with Gasteiger partial charge in [0.15, 0.2) is 0 Å². The molecule has 1 aliphatic rings. The third-order valence-corrected chi connectivity index (χ3v) is 1.80. The Hall–Kier alpha value is -0.590. The summed E-state index contributed by atoms with van der Waals surface area (Å²) >= 11 is 0. The van der Waals surface area contributed by atoms with Crippen molar-refractivity contribution in [1.82, 2.24) is 0 Å². The fourth-order valence-corrected chi connectivity index (χ4v) is 0.920. The zero-order valence-electron chi connectivity index (χ0n) is 5.82. The predicted octanol–water partition coefficient (Wildman–Crippen LogP) is 2.62. The van der Waals surface area contributed by atoms with Gasteiger partial charge >= 0.3 is 0 Å². The molecule has 0 saturated heterocycles. The van der Waals surface area contributed by atoms with E-state index < -0.39 is 6.17 Å². The summed E-state index contributed by atoms with van der Waals surface area (Å²) in [5.74, 6) is 0. The smallest absolute Gasteiger partial charge is 0.125 e. The van der Waals surface area contributed by atoms with Gasteiger partial charge in [-0.2, -0.15) is 0 Å². The molecule has 0 bridgehead atoms. The van der Waals surface area contributed by atoms with E-state index in [9.17, 15) is 4.39 Å². The molecule has 1 atom stereocenters. The Bertz CT molecular complexity index is 165. The van der Waals surface area contributed by atoms with Crippen LogP contribution >= 0.6 is 0 Å². The Morgan fingerprint density at radius 2 is 2.22 bits per heavy atom. The van der Waals surface area contributed by atoms with E-state index in [4.69, 9.17) is 0 Å². The van der Waals surface area contributed by atoms with Gasteiger partial charge in [-0.25, -0.2) is 4.39 Å². The third-order valence-electron chi connectivity index (χ3n) is 1.80. The summed E-state index contributed by atoms with van der Waals surface area (Å²) in [6.07, 6.45) is 3.69. The summed E-state index contributed by atoms with van der Waals surface area (Å²) in [5, 5.41) is 0. The first-order valence-electron chi connectivity index (χ1n) is 3.20. The molecule has 0 aromatic rings. The number of hydrogen-bond acceptors (Lipinski definition) is 0. The second kappa shape index (κ2) is 2.34. The van der Waals surface area contributed by atoms with Gasteiger partial charge in [-0.3, -0.25) is 0 Å². The van der Waals surface area contributed by atoms with E-state index in [0.29, 0.717) is 6.42 Å². The van der Waals surface area contributed by atoms with Crippen molar-refractivity contribution < 1.29 is 4.39 Å². The Kier molecular flexibility index (Phi) is 1.70. The molecule has 1 aliphatic carbocycles. The first-order chi connectivity index (χ1) is 4.22. The van der Waals surface area contributed by atoms with Gasteiger partial charge in [0.2, 0.25) is 0 Å². The number of alkyl halides is 1. The van der Waals surface area contributed by atoms with Crippen molar-refractivity contribution in [2.45, 2.75) is 26.4 Å². The van der Waals surface area contributed by atoms with Crippen LogP contribution in [0.1, 0.15) is 20.3 Å². The monoisotopic (exact) mass is 126 g/mol. The van der Waals surface area contributed by atoms with E-state index in [-0.39, 0.29) is 0 Å². The van der Waals surface area contributed by atoms with E-state index in [1.807, 2.05) is 26.0 Å². The van der Waals surface area contributed by atoms with Crippen molar-refractivity contribution in [3.8, 4) is 0 Å². The molecule has 50 valence electrons. The van der Waals surface area contributed by atoms with Crippen molar-refractivity contribution in [3.05, 3.63) is 23.3 Å². The maximum atomic E-state index is 12.7. The molecule has 0 heterocycles. The van der Waals surface area contributed by atoms with Crippen LogP contribution in [0.15, 0.2) is 23.3 Å². The van der Waals surface area contributed by atoms with Crippen LogP contribution in [0, 0.1) is 0 Å². The molecule has 1 heteroatoms. The average Bonchev–Trinajstić information content (AvgIpc) is 1.83. The highest BCUT2D eigenvalue weighted by molar-refractivity contribution is 5.29. The van der Waals surface area contributed by atoms with Crippen LogP contribution in [-0.2, 0) is 0 Å². The molecule has 1 rings (SSSR count). The number of rotatable bonds is 0. The molecule has 0 aliphatic heterocycles. The van der Waals surface area contributed by atoms with Gasteiger partial charge in [0.25, 0.3) is 0 Å². The summed E-state index contributed by atoms with van der Waals surface area (Å²) in [4.78, 5) is 0. The normalized spacial score (nSPS) is 27.2. The molecule has 0 N–H and O–H groups in total. The van der Waals surface area contributed by atoms with Crippen LogP contribution in [0.5, 0.6) is 0 Å². The second-order valence-corrected chi connectivity index (χ2v) is 2.47. The minimum atomic E-state index is -0.727. The summed E-state index contributed by atoms with van der Waals surface area (Å²) in [6, 6.07) is 0. The summed E-state index contributed by atoms with van der Waals surface area (Å²) < 4.78 is 12.7. The Labute approximate surface area is 55.1 Å². The van der Waals surface area contributed by atoms with Crippen molar-refractivity contribution in [1.29, 1.82) is 0 Å². The van der Waals surface area contributed by atoms with Gasteiger partial charge in [-0.1, -0.05) is 12.2 Å². The summed E-state index contributed by atoms with van der Waals surface area (Å²) in [5.41, 5.74) is 1.96. The van der Waals surface area contributed by atoms with Crippen molar-refractivity contribution in [3.63, 3.8) is 0 Å². The quantitative estimate of drug-likeness (QED) is 0.468. The highest BCUT2D eigenvalue weighted by atomic mass is 19.1. The molecule has 1 unspecified atom stereocenters. The van der Waals surface area contributed by atoms with Gasteiger partial charge in [0.05, 0.1) is 0 Å². The van der Waals surface area contributed by atoms with Gasteiger partial charge < -0.3 is 0 Å². The summed E-state index contributed by atoms with van der Waals surface area (Å²) in [7, 11) is 0. The van der Waals surface area contributed by atoms with Crippen LogP contribution in [0.4, 0.5) is 4.39 Å². The molecule has 0 amide bonds. The maximum Gasteiger partial charge on any atom is 0.125 e. The zero-order valence-corrected chi connectivity index (χ0v) is 5.82. The maximum absolute atomic E-state index is 12.7. The first-order valence-corrected chi connectivity index (χ1v) is 3.20. The lowest BCUT2D eigenvalue weighted by molar-refractivity contribution is 0.380. The standard InChI is InChI=1S/C8H11F/c1-6-4-3-5-8(9)7(6)2/h3-4,8H,5H2,1-2H3. The minimum Gasteiger partial charge on any atom is -0.242 e. The molecule has 9 heavy (non-hydrogen) atoms. The molecule has 0 radical (unpaired) electrons. The Morgan fingerprint density at radius 3 is 2.67 bits per heavy atom. The van der Waals surface area contributed by atoms with Gasteiger partial charge in [-0.15, -0.1) is 0 Å². The SMILES string of the molecule is CC1=C(C)C(F)CC=C1. The minimum absolute atomic E-state index is 0.559. The average molecular weight is 126 g/mol. The fourth-order valence-electron chi connectivity index (χ4n) is 0.920. The van der Waals surface area contributed by atoms with E-state index >= 15 is 0 Å². The van der Waals surface area contributed by atoms with E-state index in [1.165, 1.54) is 0 Å². The number of hydrogen-bond donors (Lipinski definition) is 0. The van der Waals surface area contributed by atoms with Crippen LogP contribution in [0.3, 0.4) is 0 Å². The van der Waals surface area contributed by atoms with Crippen molar-refractivity contribution >= 4 is 0 Å². The molecular weight excluding hydrogens is 115 g/mol.